The van der Waals surface area contributed by atoms with E-state index >= 15 is 0 Å². The summed E-state index contributed by atoms with van der Waals surface area (Å²) in [5, 5.41) is 9.90. The summed E-state index contributed by atoms with van der Waals surface area (Å²) in [4.78, 5) is 14.9. The predicted molar refractivity (Wildman–Crippen MR) is 109 cm³/mol. The Morgan fingerprint density at radius 3 is 2.59 bits per heavy atom. The molecule has 0 saturated heterocycles. The molecular formula is C22H25F2NO3S. The van der Waals surface area contributed by atoms with E-state index in [9.17, 15) is 13.6 Å². The van der Waals surface area contributed by atoms with Gasteiger partial charge in [0.1, 0.15) is 5.03 Å². The van der Waals surface area contributed by atoms with E-state index in [1.165, 1.54) is 25.0 Å². The lowest BCUT2D eigenvalue weighted by Crippen LogP contribution is -2.03. The fourth-order valence-corrected chi connectivity index (χ4v) is 4.77. The number of aliphatic carboxylic acids is 1. The number of ether oxygens (including phenoxy) is 1. The zero-order valence-electron chi connectivity index (χ0n) is 16.2. The van der Waals surface area contributed by atoms with E-state index in [4.69, 9.17) is 9.84 Å². The van der Waals surface area contributed by atoms with Crippen LogP contribution < -0.4 is 4.74 Å². The van der Waals surface area contributed by atoms with Crippen molar-refractivity contribution in [2.45, 2.75) is 61.6 Å². The number of rotatable bonds is 10. The predicted octanol–water partition coefficient (Wildman–Crippen LogP) is 6.09. The van der Waals surface area contributed by atoms with E-state index in [0.717, 1.165) is 23.4 Å². The van der Waals surface area contributed by atoms with Crippen molar-refractivity contribution in [2.75, 3.05) is 6.61 Å². The number of unbranched alkanes of at least 4 members (excludes halogenated alkanes) is 2. The first kappa shape index (κ1) is 21.6. The number of carboxylic acids is 1. The van der Waals surface area contributed by atoms with Crippen LogP contribution in [0.5, 0.6) is 5.75 Å². The second-order valence-electron chi connectivity index (χ2n) is 7.20. The van der Waals surface area contributed by atoms with E-state index < -0.39 is 17.6 Å². The number of thioether (sulfide) groups is 1. The molecule has 1 aliphatic rings. The summed E-state index contributed by atoms with van der Waals surface area (Å²) in [6, 6.07) is 6.18. The number of pyridine rings is 1. The van der Waals surface area contributed by atoms with Gasteiger partial charge in [-0.05, 0) is 55.9 Å². The van der Waals surface area contributed by atoms with Crippen LogP contribution in [0.25, 0.3) is 11.1 Å². The lowest BCUT2D eigenvalue weighted by molar-refractivity contribution is -0.137. The Morgan fingerprint density at radius 2 is 1.90 bits per heavy atom. The maximum Gasteiger partial charge on any atom is 0.303 e. The third kappa shape index (κ3) is 6.16. The monoisotopic (exact) mass is 421 g/mol. The van der Waals surface area contributed by atoms with E-state index in [0.29, 0.717) is 30.1 Å². The van der Waals surface area contributed by atoms with E-state index in [2.05, 4.69) is 4.98 Å². The lowest BCUT2D eigenvalue weighted by Gasteiger charge is -2.14. The molecule has 0 aliphatic heterocycles. The molecule has 156 valence electrons. The van der Waals surface area contributed by atoms with Gasteiger partial charge < -0.3 is 9.84 Å². The Morgan fingerprint density at radius 1 is 1.17 bits per heavy atom. The Bertz CT molecular complexity index is 818. The Labute approximate surface area is 173 Å². The Kier molecular flexibility index (Phi) is 7.86. The van der Waals surface area contributed by atoms with Gasteiger partial charge in [-0.25, -0.2) is 13.8 Å². The average molecular weight is 422 g/mol. The van der Waals surface area contributed by atoms with Crippen LogP contribution in [0, 0.1) is 11.6 Å². The first-order valence-electron chi connectivity index (χ1n) is 10.0. The summed E-state index contributed by atoms with van der Waals surface area (Å²) in [6.45, 7) is 0.141. The molecule has 1 aromatic carbocycles. The molecule has 1 aromatic heterocycles. The molecule has 1 fully saturated rings. The van der Waals surface area contributed by atoms with Gasteiger partial charge in [0.25, 0.3) is 0 Å². The standard InChI is InChI=1S/C22H25F2NO3S/c23-18-13-15(14-19(24)21(18)28-12-5-1-2-10-20(26)27)17-9-6-11-25-22(17)29-16-7-3-4-8-16/h6,9,11,13-14,16H,1-5,7-8,10,12H2,(H,26,27). The van der Waals surface area contributed by atoms with Crippen LogP contribution >= 0.6 is 11.8 Å². The molecular weight excluding hydrogens is 396 g/mol. The molecule has 3 rings (SSSR count). The quantitative estimate of drug-likeness (QED) is 0.471. The summed E-state index contributed by atoms with van der Waals surface area (Å²) in [5.74, 6) is -2.72. The third-order valence-corrected chi connectivity index (χ3v) is 6.30. The molecule has 0 bridgehead atoms. The Balaban J connectivity index is 1.67. The lowest BCUT2D eigenvalue weighted by atomic mass is 10.1. The van der Waals surface area contributed by atoms with Crippen molar-refractivity contribution >= 4 is 17.7 Å². The van der Waals surface area contributed by atoms with Gasteiger partial charge in [0.15, 0.2) is 17.4 Å². The van der Waals surface area contributed by atoms with Crippen molar-refractivity contribution in [3.63, 3.8) is 0 Å². The van der Waals surface area contributed by atoms with Crippen LogP contribution in [0.4, 0.5) is 8.78 Å². The largest absolute Gasteiger partial charge is 0.488 e. The molecule has 1 aliphatic carbocycles. The molecule has 0 amide bonds. The normalized spacial score (nSPS) is 14.3. The highest BCUT2D eigenvalue weighted by atomic mass is 32.2. The molecule has 1 N–H and O–H groups in total. The number of aromatic nitrogens is 1. The van der Waals surface area contributed by atoms with Crippen LogP contribution in [-0.4, -0.2) is 27.9 Å². The average Bonchev–Trinajstić information content (AvgIpc) is 3.19. The molecule has 4 nitrogen and oxygen atoms in total. The Hall–Kier alpha value is -2.15. The summed E-state index contributed by atoms with van der Waals surface area (Å²) in [5.41, 5.74) is 1.17. The molecule has 0 radical (unpaired) electrons. The smallest absolute Gasteiger partial charge is 0.303 e. The van der Waals surface area contributed by atoms with Crippen LogP contribution in [0.2, 0.25) is 0 Å². The van der Waals surface area contributed by atoms with Crippen LogP contribution in [-0.2, 0) is 4.79 Å². The van der Waals surface area contributed by atoms with Crippen molar-refractivity contribution in [2.24, 2.45) is 0 Å². The van der Waals surface area contributed by atoms with Crippen molar-refractivity contribution in [1.82, 2.24) is 4.98 Å². The highest BCUT2D eigenvalue weighted by molar-refractivity contribution is 8.00. The van der Waals surface area contributed by atoms with Crippen molar-refractivity contribution in [3.8, 4) is 16.9 Å². The fourth-order valence-electron chi connectivity index (χ4n) is 3.45. The van der Waals surface area contributed by atoms with Gasteiger partial charge in [0.05, 0.1) is 6.61 Å². The second-order valence-corrected chi connectivity index (χ2v) is 8.49. The number of nitrogens with zero attached hydrogens (tertiary/aromatic N) is 1. The first-order chi connectivity index (χ1) is 14.0. The van der Waals surface area contributed by atoms with Gasteiger partial charge in [0, 0.05) is 23.4 Å². The van der Waals surface area contributed by atoms with Crippen LogP contribution in [0.3, 0.4) is 0 Å². The topological polar surface area (TPSA) is 59.4 Å². The summed E-state index contributed by atoms with van der Waals surface area (Å²) < 4.78 is 34.4. The zero-order chi connectivity index (χ0) is 20.6. The fraction of sp³-hybridized carbons (Fsp3) is 0.455. The van der Waals surface area contributed by atoms with Crippen molar-refractivity contribution in [3.05, 3.63) is 42.1 Å². The molecule has 29 heavy (non-hydrogen) atoms. The summed E-state index contributed by atoms with van der Waals surface area (Å²) in [7, 11) is 0. The van der Waals surface area contributed by atoms with Crippen molar-refractivity contribution in [1.29, 1.82) is 0 Å². The molecule has 2 aromatic rings. The maximum absolute atomic E-state index is 14.5. The van der Waals surface area contributed by atoms with E-state index in [-0.39, 0.29) is 18.8 Å². The van der Waals surface area contributed by atoms with E-state index in [1.807, 2.05) is 6.07 Å². The SMILES string of the molecule is O=C(O)CCCCCOc1c(F)cc(-c2cccnc2SC2CCCC2)cc1F. The minimum absolute atomic E-state index is 0.0870. The van der Waals surface area contributed by atoms with Crippen molar-refractivity contribution < 1.29 is 23.4 Å². The molecule has 1 heterocycles. The minimum Gasteiger partial charge on any atom is -0.488 e. The zero-order valence-corrected chi connectivity index (χ0v) is 17.0. The number of benzene rings is 1. The van der Waals surface area contributed by atoms with Gasteiger partial charge in [-0.3, -0.25) is 4.79 Å². The van der Waals surface area contributed by atoms with Crippen LogP contribution in [0.15, 0.2) is 35.5 Å². The summed E-state index contributed by atoms with van der Waals surface area (Å²) in [6.07, 6.45) is 8.19. The van der Waals surface area contributed by atoms with Gasteiger partial charge in [-0.15, -0.1) is 11.8 Å². The number of carbonyl (C=O) groups is 1. The minimum atomic E-state index is -0.848. The highest BCUT2D eigenvalue weighted by Crippen LogP contribution is 2.39. The second kappa shape index (κ2) is 10.6. The van der Waals surface area contributed by atoms with Crippen LogP contribution in [0.1, 0.15) is 51.4 Å². The number of hydrogen-bond donors (Lipinski definition) is 1. The number of halogens is 2. The van der Waals surface area contributed by atoms with Gasteiger partial charge in [-0.1, -0.05) is 18.9 Å². The molecule has 1 saturated carbocycles. The highest BCUT2D eigenvalue weighted by Gasteiger charge is 2.20. The van der Waals surface area contributed by atoms with Gasteiger partial charge in [0.2, 0.25) is 0 Å². The number of carboxylic acid groups (broad SMARTS) is 1. The first-order valence-corrected chi connectivity index (χ1v) is 10.9. The summed E-state index contributed by atoms with van der Waals surface area (Å²) >= 11 is 1.68. The molecule has 0 atom stereocenters. The van der Waals surface area contributed by atoms with E-state index in [1.54, 1.807) is 24.0 Å². The van der Waals surface area contributed by atoms with Gasteiger partial charge in [-0.2, -0.15) is 0 Å². The van der Waals surface area contributed by atoms with Gasteiger partial charge >= 0.3 is 5.97 Å². The number of hydrogen-bond acceptors (Lipinski definition) is 4. The molecule has 0 unspecified atom stereocenters. The molecule has 0 spiro atoms. The molecule has 7 heteroatoms. The maximum atomic E-state index is 14.5. The third-order valence-electron chi connectivity index (χ3n) is 4.94.